The van der Waals surface area contributed by atoms with Crippen LogP contribution in [0.5, 0.6) is 0 Å². The lowest BCUT2D eigenvalue weighted by molar-refractivity contribution is -0.121. The number of hydrogen-bond acceptors (Lipinski definition) is 2. The van der Waals surface area contributed by atoms with E-state index in [0.29, 0.717) is 0 Å². The molecule has 1 aliphatic heterocycles. The molecule has 0 fully saturated rings. The van der Waals surface area contributed by atoms with E-state index in [2.05, 4.69) is 28.2 Å². The molecule has 24 heavy (non-hydrogen) atoms. The van der Waals surface area contributed by atoms with Crippen LogP contribution in [0.25, 0.3) is 22.6 Å². The molecule has 4 heteroatoms. The second-order valence-electron chi connectivity index (χ2n) is 6.73. The number of anilines is 1. The van der Waals surface area contributed by atoms with Gasteiger partial charge in [-0.3, -0.25) is 4.79 Å². The number of carbonyl (C=O) groups is 1. The van der Waals surface area contributed by atoms with Crippen LogP contribution in [0, 0.1) is 0 Å². The maximum absolute atomic E-state index is 12.4. The summed E-state index contributed by atoms with van der Waals surface area (Å²) in [4.78, 5) is 22.0. The molecule has 0 saturated carbocycles. The Kier molecular flexibility index (Phi) is 3.10. The zero-order chi connectivity index (χ0) is 16.9. The van der Waals surface area contributed by atoms with Crippen molar-refractivity contribution in [1.29, 1.82) is 0 Å². The summed E-state index contributed by atoms with van der Waals surface area (Å²) in [5.41, 5.74) is 4.60. The van der Waals surface area contributed by atoms with Crippen molar-refractivity contribution in [3.05, 3.63) is 60.3 Å². The minimum atomic E-state index is -0.466. The molecule has 0 unspecified atom stereocenters. The Morgan fingerprint density at radius 1 is 1.04 bits per heavy atom. The molecule has 0 atom stereocenters. The lowest BCUT2D eigenvalue weighted by Gasteiger charge is -2.16. The third kappa shape index (κ3) is 2.07. The summed E-state index contributed by atoms with van der Waals surface area (Å²) in [6, 6.07) is 16.2. The van der Waals surface area contributed by atoms with Crippen LogP contribution in [0.4, 0.5) is 5.69 Å². The van der Waals surface area contributed by atoms with Crippen molar-refractivity contribution in [3.63, 3.8) is 0 Å². The van der Waals surface area contributed by atoms with E-state index >= 15 is 0 Å². The first-order valence-electron chi connectivity index (χ1n) is 8.02. The van der Waals surface area contributed by atoms with Crippen LogP contribution in [-0.4, -0.2) is 22.9 Å². The Morgan fingerprint density at radius 3 is 2.54 bits per heavy atom. The lowest BCUT2D eigenvalue weighted by Crippen LogP contribution is -2.33. The van der Waals surface area contributed by atoms with Crippen LogP contribution in [0.15, 0.2) is 54.7 Å². The Morgan fingerprint density at radius 2 is 1.79 bits per heavy atom. The number of H-pyrrole nitrogens is 1. The Bertz CT molecular complexity index is 925. The number of nitrogens with zero attached hydrogens (tertiary/aromatic N) is 2. The fourth-order valence-corrected chi connectivity index (χ4v) is 3.36. The SMILES string of the molecule is CN1C(=O)C(C)(C)c2ccc(-c3cnc(-c4ccccc4)[nH]3)cc21. The normalized spacial score (nSPS) is 15.6. The molecular formula is C20H19N3O. The van der Waals surface area contributed by atoms with Gasteiger partial charge in [-0.2, -0.15) is 0 Å². The number of amides is 1. The average molecular weight is 317 g/mol. The van der Waals surface area contributed by atoms with Gasteiger partial charge in [-0.05, 0) is 25.5 Å². The molecule has 2 aromatic carbocycles. The zero-order valence-electron chi connectivity index (χ0n) is 14.0. The second kappa shape index (κ2) is 5.06. The third-order valence-electron chi connectivity index (χ3n) is 4.81. The first-order valence-corrected chi connectivity index (χ1v) is 8.02. The number of fused-ring (bicyclic) bond motifs is 1. The maximum Gasteiger partial charge on any atom is 0.236 e. The van der Waals surface area contributed by atoms with E-state index in [1.165, 1.54) is 0 Å². The Labute approximate surface area is 141 Å². The number of rotatable bonds is 2. The van der Waals surface area contributed by atoms with Crippen LogP contribution in [-0.2, 0) is 10.2 Å². The van der Waals surface area contributed by atoms with E-state index in [1.54, 1.807) is 4.90 Å². The quantitative estimate of drug-likeness (QED) is 0.776. The topological polar surface area (TPSA) is 49.0 Å². The molecule has 4 nitrogen and oxygen atoms in total. The molecule has 0 bridgehead atoms. The van der Waals surface area contributed by atoms with E-state index in [-0.39, 0.29) is 5.91 Å². The van der Waals surface area contributed by atoms with Gasteiger partial charge in [-0.15, -0.1) is 0 Å². The van der Waals surface area contributed by atoms with E-state index in [9.17, 15) is 4.79 Å². The van der Waals surface area contributed by atoms with Gasteiger partial charge >= 0.3 is 0 Å². The van der Waals surface area contributed by atoms with Gasteiger partial charge in [0, 0.05) is 23.9 Å². The highest BCUT2D eigenvalue weighted by molar-refractivity contribution is 6.07. The highest BCUT2D eigenvalue weighted by Crippen LogP contribution is 2.42. The van der Waals surface area contributed by atoms with E-state index in [1.807, 2.05) is 57.4 Å². The Balaban J connectivity index is 1.75. The highest BCUT2D eigenvalue weighted by atomic mass is 16.2. The summed E-state index contributed by atoms with van der Waals surface area (Å²) in [5, 5.41) is 0. The monoisotopic (exact) mass is 317 g/mol. The molecule has 1 N–H and O–H groups in total. The molecule has 0 spiro atoms. The number of carbonyl (C=O) groups excluding carboxylic acids is 1. The number of nitrogens with one attached hydrogen (secondary N) is 1. The molecule has 1 aromatic heterocycles. The minimum absolute atomic E-state index is 0.129. The fourth-order valence-electron chi connectivity index (χ4n) is 3.36. The number of benzene rings is 2. The molecule has 1 amide bonds. The van der Waals surface area contributed by atoms with Crippen LogP contribution in [0.3, 0.4) is 0 Å². The highest BCUT2D eigenvalue weighted by Gasteiger charge is 2.42. The van der Waals surface area contributed by atoms with Crippen molar-refractivity contribution in [1.82, 2.24) is 9.97 Å². The van der Waals surface area contributed by atoms with Crippen molar-refractivity contribution >= 4 is 11.6 Å². The standard InChI is InChI=1S/C20H19N3O/c1-20(2)15-10-9-14(11-17(15)23(3)19(20)24)16-12-21-18(22-16)13-7-5-4-6-8-13/h4-12H,1-3H3,(H,21,22). The number of likely N-dealkylation sites (N-methyl/N-ethyl adjacent to an activating group) is 1. The Hall–Kier alpha value is -2.88. The van der Waals surface area contributed by atoms with Crippen LogP contribution in [0.2, 0.25) is 0 Å². The van der Waals surface area contributed by atoms with Crippen molar-refractivity contribution in [2.75, 3.05) is 11.9 Å². The summed E-state index contributed by atoms with van der Waals surface area (Å²) in [7, 11) is 1.84. The predicted molar refractivity (Wildman–Crippen MR) is 95.9 cm³/mol. The number of aromatic nitrogens is 2. The molecule has 1 aliphatic rings. The molecule has 0 saturated heterocycles. The molecule has 120 valence electrons. The second-order valence-corrected chi connectivity index (χ2v) is 6.73. The van der Waals surface area contributed by atoms with Gasteiger partial charge in [0.05, 0.1) is 17.3 Å². The van der Waals surface area contributed by atoms with Gasteiger partial charge in [-0.25, -0.2) is 4.98 Å². The molecular weight excluding hydrogens is 298 g/mol. The van der Waals surface area contributed by atoms with Gasteiger partial charge in [-0.1, -0.05) is 42.5 Å². The number of aromatic amines is 1. The smallest absolute Gasteiger partial charge is 0.236 e. The van der Waals surface area contributed by atoms with Gasteiger partial charge in [0.15, 0.2) is 0 Å². The van der Waals surface area contributed by atoms with Crippen molar-refractivity contribution in [2.24, 2.45) is 0 Å². The molecule has 2 heterocycles. The molecule has 4 rings (SSSR count). The molecule has 0 radical (unpaired) electrons. The van der Waals surface area contributed by atoms with E-state index in [0.717, 1.165) is 33.9 Å². The summed E-state index contributed by atoms with van der Waals surface area (Å²) in [6.07, 6.45) is 1.84. The molecule has 0 aliphatic carbocycles. The summed E-state index contributed by atoms with van der Waals surface area (Å²) >= 11 is 0. The maximum atomic E-state index is 12.4. The summed E-state index contributed by atoms with van der Waals surface area (Å²) in [5.74, 6) is 0.972. The number of hydrogen-bond donors (Lipinski definition) is 1. The number of imidazole rings is 1. The predicted octanol–water partition coefficient (Wildman–Crippen LogP) is 4.00. The van der Waals surface area contributed by atoms with Gasteiger partial charge in [0.1, 0.15) is 5.82 Å². The van der Waals surface area contributed by atoms with Crippen LogP contribution in [0.1, 0.15) is 19.4 Å². The largest absolute Gasteiger partial charge is 0.338 e. The van der Waals surface area contributed by atoms with E-state index in [4.69, 9.17) is 0 Å². The first kappa shape index (κ1) is 14.7. The minimum Gasteiger partial charge on any atom is -0.338 e. The first-order chi connectivity index (χ1) is 11.5. The van der Waals surface area contributed by atoms with Gasteiger partial charge < -0.3 is 9.88 Å². The third-order valence-corrected chi connectivity index (χ3v) is 4.81. The van der Waals surface area contributed by atoms with Crippen LogP contribution < -0.4 is 4.90 Å². The van der Waals surface area contributed by atoms with E-state index < -0.39 is 5.41 Å². The zero-order valence-corrected chi connectivity index (χ0v) is 14.0. The average Bonchev–Trinajstić information content (AvgIpc) is 3.16. The van der Waals surface area contributed by atoms with Gasteiger partial charge in [0.2, 0.25) is 5.91 Å². The van der Waals surface area contributed by atoms with Crippen molar-refractivity contribution in [3.8, 4) is 22.6 Å². The van der Waals surface area contributed by atoms with Crippen LogP contribution >= 0.6 is 0 Å². The lowest BCUT2D eigenvalue weighted by atomic mass is 9.86. The van der Waals surface area contributed by atoms with Crippen molar-refractivity contribution in [2.45, 2.75) is 19.3 Å². The van der Waals surface area contributed by atoms with Crippen molar-refractivity contribution < 1.29 is 4.79 Å². The fraction of sp³-hybridized carbons (Fsp3) is 0.200. The summed E-state index contributed by atoms with van der Waals surface area (Å²) < 4.78 is 0. The molecule has 3 aromatic rings. The summed E-state index contributed by atoms with van der Waals surface area (Å²) in [6.45, 7) is 3.95. The van der Waals surface area contributed by atoms with Gasteiger partial charge in [0.25, 0.3) is 0 Å².